The van der Waals surface area contributed by atoms with Crippen molar-refractivity contribution >= 4 is 39.1 Å². The molecule has 0 radical (unpaired) electrons. The highest BCUT2D eigenvalue weighted by Crippen LogP contribution is 2.43. The van der Waals surface area contributed by atoms with Crippen molar-refractivity contribution in [2.24, 2.45) is 0 Å². The van der Waals surface area contributed by atoms with Crippen LogP contribution in [0, 0.1) is 0 Å². The second-order valence-corrected chi connectivity index (χ2v) is 7.19. The first-order chi connectivity index (χ1) is 12.2. The Balaban J connectivity index is 1.95. The minimum Gasteiger partial charge on any atom is -0.496 e. The lowest BCUT2D eigenvalue weighted by Crippen LogP contribution is -2.31. The lowest BCUT2D eigenvalue weighted by Gasteiger charge is -2.22. The smallest absolute Gasteiger partial charge is 0.420 e. The van der Waals surface area contributed by atoms with Gasteiger partial charge in [0.25, 0.3) is 0 Å². The second-order valence-electron chi connectivity index (χ2n) is 5.83. The zero-order valence-corrected chi connectivity index (χ0v) is 16.0. The van der Waals surface area contributed by atoms with Crippen molar-refractivity contribution in [3.8, 4) is 5.75 Å². The normalized spacial score (nSPS) is 14.9. The molecule has 0 bridgehead atoms. The van der Waals surface area contributed by atoms with Gasteiger partial charge in [-0.05, 0) is 41.8 Å². The zero-order chi connectivity index (χ0) is 19.1. The van der Waals surface area contributed by atoms with Crippen molar-refractivity contribution in [2.75, 3.05) is 18.6 Å². The number of ether oxygens (including phenoxy) is 1. The number of benzene rings is 2. The van der Waals surface area contributed by atoms with Gasteiger partial charge in [0.2, 0.25) is 5.91 Å². The first-order valence-corrected chi connectivity index (χ1v) is 9.00. The third-order valence-corrected chi connectivity index (χ3v) is 5.42. The Bertz CT molecular complexity index is 840. The number of methoxy groups -OCH3 is 1. The highest BCUT2D eigenvalue weighted by atomic mass is 79.9. The van der Waals surface area contributed by atoms with Gasteiger partial charge in [-0.15, -0.1) is 0 Å². The maximum Gasteiger partial charge on any atom is 0.420 e. The highest BCUT2D eigenvalue weighted by molar-refractivity contribution is 9.09. The molecule has 138 valence electrons. The molecular weight excluding hydrogens is 435 g/mol. The molecule has 0 N–H and O–H groups in total. The predicted octanol–water partition coefficient (Wildman–Crippen LogP) is 5.39. The molecule has 1 aliphatic rings. The fourth-order valence-electron chi connectivity index (χ4n) is 2.95. The summed E-state index contributed by atoms with van der Waals surface area (Å²) >= 11 is 9.19. The van der Waals surface area contributed by atoms with Crippen LogP contribution >= 0.6 is 27.5 Å². The number of hydrogen-bond donors (Lipinski definition) is 0. The average molecular weight is 449 g/mol. The van der Waals surface area contributed by atoms with Crippen molar-refractivity contribution in [1.82, 2.24) is 0 Å². The number of carbonyl (C=O) groups is 1. The fraction of sp³-hybridized carbons (Fsp3) is 0.278. The third kappa shape index (κ3) is 3.55. The van der Waals surface area contributed by atoms with E-state index < -0.39 is 16.6 Å². The van der Waals surface area contributed by atoms with E-state index in [1.165, 1.54) is 18.1 Å². The van der Waals surface area contributed by atoms with Crippen LogP contribution in [0.3, 0.4) is 0 Å². The molecule has 3 nitrogen and oxygen atoms in total. The van der Waals surface area contributed by atoms with E-state index in [9.17, 15) is 18.0 Å². The summed E-state index contributed by atoms with van der Waals surface area (Å²) < 4.78 is 44.7. The van der Waals surface area contributed by atoms with Crippen LogP contribution in [0.4, 0.5) is 18.9 Å². The number of amides is 1. The summed E-state index contributed by atoms with van der Waals surface area (Å²) in [7, 11) is 1.20. The number of rotatable bonds is 3. The molecule has 0 saturated heterocycles. The van der Waals surface area contributed by atoms with Crippen LogP contribution in [0.15, 0.2) is 36.4 Å². The average Bonchev–Trinajstić information content (AvgIpc) is 3.02. The van der Waals surface area contributed by atoms with Crippen molar-refractivity contribution in [1.29, 1.82) is 0 Å². The highest BCUT2D eigenvalue weighted by Gasteiger charge is 2.38. The quantitative estimate of drug-likeness (QED) is 0.589. The van der Waals surface area contributed by atoms with Crippen LogP contribution < -0.4 is 9.64 Å². The molecule has 1 aliphatic heterocycles. The van der Waals surface area contributed by atoms with Crippen molar-refractivity contribution in [3.63, 3.8) is 0 Å². The molecule has 0 aliphatic carbocycles. The van der Waals surface area contributed by atoms with Crippen molar-refractivity contribution < 1.29 is 22.7 Å². The molecule has 0 aromatic heterocycles. The number of hydrogen-bond acceptors (Lipinski definition) is 2. The lowest BCUT2D eigenvalue weighted by atomic mass is 10.1. The summed E-state index contributed by atoms with van der Waals surface area (Å²) in [5.41, 5.74) is 0.703. The molecule has 0 fully saturated rings. The SMILES string of the molecule is COc1cc2c(cc1C(F)(F)F)N(C(=O)C(Br)c1ccc(Cl)cc1)CC2. The molecular formula is C18H14BrClF3NO2. The molecule has 0 spiro atoms. The van der Waals surface area contributed by atoms with Gasteiger partial charge in [-0.25, -0.2) is 0 Å². The molecule has 1 amide bonds. The van der Waals surface area contributed by atoms with Crippen LogP contribution in [0.5, 0.6) is 5.75 Å². The van der Waals surface area contributed by atoms with Crippen molar-refractivity contribution in [3.05, 3.63) is 58.1 Å². The number of fused-ring (bicyclic) bond motifs is 1. The van der Waals surface area contributed by atoms with Crippen LogP contribution in [-0.4, -0.2) is 19.6 Å². The molecule has 3 rings (SSSR count). The maximum atomic E-state index is 13.3. The Morgan fingerprint density at radius 1 is 1.27 bits per heavy atom. The Hall–Kier alpha value is -1.73. The van der Waals surface area contributed by atoms with Gasteiger partial charge in [-0.3, -0.25) is 4.79 Å². The van der Waals surface area contributed by atoms with Gasteiger partial charge in [-0.1, -0.05) is 39.7 Å². The number of halogens is 5. The molecule has 1 atom stereocenters. The number of nitrogens with zero attached hydrogens (tertiary/aromatic N) is 1. The summed E-state index contributed by atoms with van der Waals surface area (Å²) in [5, 5.41) is 0.536. The van der Waals surface area contributed by atoms with E-state index >= 15 is 0 Å². The van der Waals surface area contributed by atoms with Gasteiger partial charge in [-0.2, -0.15) is 13.2 Å². The molecule has 0 saturated carbocycles. The monoisotopic (exact) mass is 447 g/mol. The largest absolute Gasteiger partial charge is 0.496 e. The predicted molar refractivity (Wildman–Crippen MR) is 97.2 cm³/mol. The van der Waals surface area contributed by atoms with E-state index in [4.69, 9.17) is 16.3 Å². The molecule has 1 heterocycles. The number of carbonyl (C=O) groups excluding carboxylic acids is 1. The van der Waals surface area contributed by atoms with Gasteiger partial charge in [0.05, 0.1) is 12.7 Å². The molecule has 1 unspecified atom stereocenters. The van der Waals surface area contributed by atoms with Crippen LogP contribution in [-0.2, 0) is 17.4 Å². The van der Waals surface area contributed by atoms with E-state index in [-0.39, 0.29) is 17.3 Å². The van der Waals surface area contributed by atoms with Gasteiger partial charge in [0.1, 0.15) is 10.6 Å². The molecule has 2 aromatic carbocycles. The first kappa shape index (κ1) is 19.0. The summed E-state index contributed by atoms with van der Waals surface area (Å²) in [6.45, 7) is 0.314. The molecule has 8 heteroatoms. The standard InChI is InChI=1S/C18H14BrClF3NO2/c1-26-15-8-11-6-7-24(14(11)9-13(15)18(21,22)23)17(25)16(19)10-2-4-12(20)5-3-10/h2-5,8-9,16H,6-7H2,1H3. The van der Waals surface area contributed by atoms with E-state index in [0.29, 0.717) is 29.1 Å². The second kappa shape index (κ2) is 7.12. The third-order valence-electron chi connectivity index (χ3n) is 4.25. The summed E-state index contributed by atoms with van der Waals surface area (Å²) in [4.78, 5) is 13.5. The van der Waals surface area contributed by atoms with Crippen molar-refractivity contribution in [2.45, 2.75) is 17.4 Å². The van der Waals surface area contributed by atoms with Crippen LogP contribution in [0.25, 0.3) is 0 Å². The van der Waals surface area contributed by atoms with Gasteiger partial charge in [0.15, 0.2) is 0 Å². The van der Waals surface area contributed by atoms with E-state index in [0.717, 1.165) is 6.07 Å². The minimum atomic E-state index is -4.57. The first-order valence-electron chi connectivity index (χ1n) is 7.71. The van der Waals surface area contributed by atoms with E-state index in [2.05, 4.69) is 15.9 Å². The number of alkyl halides is 4. The Morgan fingerprint density at radius 2 is 1.92 bits per heavy atom. The van der Waals surface area contributed by atoms with E-state index in [1.54, 1.807) is 24.3 Å². The maximum absolute atomic E-state index is 13.3. The summed E-state index contributed by atoms with van der Waals surface area (Å²) in [6, 6.07) is 9.06. The fourth-order valence-corrected chi connectivity index (χ4v) is 3.62. The lowest BCUT2D eigenvalue weighted by molar-refractivity contribution is -0.138. The van der Waals surface area contributed by atoms with E-state index in [1.807, 2.05) is 0 Å². The molecule has 26 heavy (non-hydrogen) atoms. The Labute approximate surface area is 161 Å². The van der Waals surface area contributed by atoms with Crippen LogP contribution in [0.1, 0.15) is 21.5 Å². The Morgan fingerprint density at radius 3 is 2.50 bits per heavy atom. The topological polar surface area (TPSA) is 29.5 Å². The molecule has 2 aromatic rings. The zero-order valence-electron chi connectivity index (χ0n) is 13.6. The summed E-state index contributed by atoms with van der Waals surface area (Å²) in [6.07, 6.45) is -4.10. The van der Waals surface area contributed by atoms with Crippen LogP contribution in [0.2, 0.25) is 5.02 Å². The van der Waals surface area contributed by atoms with Gasteiger partial charge >= 0.3 is 6.18 Å². The number of anilines is 1. The summed E-state index contributed by atoms with van der Waals surface area (Å²) in [5.74, 6) is -0.567. The van der Waals surface area contributed by atoms with Gasteiger partial charge < -0.3 is 9.64 Å². The Kier molecular flexibility index (Phi) is 5.21. The van der Waals surface area contributed by atoms with Gasteiger partial charge in [0, 0.05) is 17.3 Å². The minimum absolute atomic E-state index is 0.237.